The summed E-state index contributed by atoms with van der Waals surface area (Å²) in [6, 6.07) is 16.7. The van der Waals surface area contributed by atoms with Gasteiger partial charge in [0.15, 0.2) is 0 Å². The third kappa shape index (κ3) is 4.60. The average Bonchev–Trinajstić information content (AvgIpc) is 3.24. The van der Waals surface area contributed by atoms with Gasteiger partial charge in [0.25, 0.3) is 5.91 Å². The first-order valence-corrected chi connectivity index (χ1v) is 10.5. The van der Waals surface area contributed by atoms with Crippen molar-refractivity contribution < 1.29 is 9.18 Å². The Kier molecular flexibility index (Phi) is 6.23. The number of nitrogens with zero attached hydrogens (tertiary/aromatic N) is 2. The fourth-order valence-corrected chi connectivity index (χ4v) is 4.05. The molecule has 0 atom stereocenters. The summed E-state index contributed by atoms with van der Waals surface area (Å²) in [5.41, 5.74) is 3.11. The smallest absolute Gasteiger partial charge is 0.269 e. The van der Waals surface area contributed by atoms with E-state index in [1.807, 2.05) is 6.07 Å². The van der Waals surface area contributed by atoms with Crippen molar-refractivity contribution in [2.45, 2.75) is 25.2 Å². The molecule has 1 aliphatic rings. The van der Waals surface area contributed by atoms with Gasteiger partial charge in [0.05, 0.1) is 0 Å². The van der Waals surface area contributed by atoms with Gasteiger partial charge in [0, 0.05) is 25.1 Å². The largest absolute Gasteiger partial charge is 0.354 e. The Balaban J connectivity index is 1.44. The Morgan fingerprint density at radius 3 is 2.50 bits per heavy atom. The topological polar surface area (TPSA) is 61.0 Å². The average molecular weight is 407 g/mol. The van der Waals surface area contributed by atoms with Crippen LogP contribution < -0.4 is 5.32 Å². The van der Waals surface area contributed by atoms with Crippen LogP contribution in [-0.2, 0) is 6.42 Å². The van der Waals surface area contributed by atoms with Gasteiger partial charge in [-0.1, -0.05) is 30.3 Å². The molecule has 5 nitrogen and oxygen atoms in total. The molecule has 1 amide bonds. The number of amides is 1. The van der Waals surface area contributed by atoms with E-state index in [4.69, 9.17) is 4.98 Å². The molecule has 2 aromatic carbocycles. The van der Waals surface area contributed by atoms with Crippen molar-refractivity contribution >= 4 is 5.91 Å². The molecule has 2 heterocycles. The molecule has 1 saturated heterocycles. The maximum absolute atomic E-state index is 13.3. The van der Waals surface area contributed by atoms with Gasteiger partial charge in [0.1, 0.15) is 23.0 Å². The summed E-state index contributed by atoms with van der Waals surface area (Å²) in [5.74, 6) is 0.610. The molecule has 30 heavy (non-hydrogen) atoms. The molecular weight excluding hydrogens is 379 g/mol. The minimum atomic E-state index is -0.307. The summed E-state index contributed by atoms with van der Waals surface area (Å²) in [6.07, 6.45) is 3.05. The maximum atomic E-state index is 13.3. The fraction of sp³-hybridized carbons (Fsp3) is 0.333. The number of carbonyl (C=O) groups excluding carboxylic acids is 1. The molecule has 1 aliphatic heterocycles. The third-order valence-electron chi connectivity index (χ3n) is 5.83. The van der Waals surface area contributed by atoms with Crippen molar-refractivity contribution in [1.29, 1.82) is 0 Å². The van der Waals surface area contributed by atoms with Crippen LogP contribution in [0.4, 0.5) is 4.39 Å². The zero-order valence-corrected chi connectivity index (χ0v) is 17.2. The quantitative estimate of drug-likeness (QED) is 0.651. The second-order valence-corrected chi connectivity index (χ2v) is 7.78. The van der Waals surface area contributed by atoms with Gasteiger partial charge in [-0.3, -0.25) is 4.79 Å². The van der Waals surface area contributed by atoms with E-state index in [9.17, 15) is 9.18 Å². The Morgan fingerprint density at radius 1 is 1.13 bits per heavy atom. The minimum Gasteiger partial charge on any atom is -0.354 e. The van der Waals surface area contributed by atoms with Gasteiger partial charge in [0.2, 0.25) is 0 Å². The molecule has 1 fully saturated rings. The number of rotatable bonds is 6. The van der Waals surface area contributed by atoms with Crippen molar-refractivity contribution in [3.8, 4) is 11.3 Å². The molecule has 0 bridgehead atoms. The fourth-order valence-electron chi connectivity index (χ4n) is 4.05. The van der Waals surface area contributed by atoms with Crippen LogP contribution in [0.5, 0.6) is 0 Å². The van der Waals surface area contributed by atoms with Gasteiger partial charge >= 0.3 is 0 Å². The number of nitrogens with one attached hydrogen (secondary N) is 2. The number of likely N-dealkylation sites (tertiary alicyclic amines) is 1. The van der Waals surface area contributed by atoms with Crippen LogP contribution in [0.25, 0.3) is 11.3 Å². The third-order valence-corrected chi connectivity index (χ3v) is 5.83. The van der Waals surface area contributed by atoms with E-state index in [0.29, 0.717) is 11.4 Å². The van der Waals surface area contributed by atoms with Gasteiger partial charge < -0.3 is 15.2 Å². The van der Waals surface area contributed by atoms with Crippen LogP contribution in [0, 0.1) is 5.82 Å². The van der Waals surface area contributed by atoms with Gasteiger partial charge in [-0.2, -0.15) is 0 Å². The molecular formula is C24H27FN4O. The summed E-state index contributed by atoms with van der Waals surface area (Å²) >= 11 is 0. The highest BCUT2D eigenvalue weighted by Crippen LogP contribution is 2.30. The molecule has 0 radical (unpaired) electrons. The number of H-pyrrole nitrogens is 1. The van der Waals surface area contributed by atoms with Crippen LogP contribution in [0.1, 0.15) is 40.6 Å². The molecule has 0 spiro atoms. The number of aromatic nitrogens is 2. The van der Waals surface area contributed by atoms with E-state index in [1.54, 1.807) is 19.2 Å². The molecule has 4 rings (SSSR count). The maximum Gasteiger partial charge on any atom is 0.269 e. The molecule has 6 heteroatoms. The summed E-state index contributed by atoms with van der Waals surface area (Å²) < 4.78 is 13.3. The number of aromatic amines is 1. The summed E-state index contributed by atoms with van der Waals surface area (Å²) in [6.45, 7) is 3.08. The van der Waals surface area contributed by atoms with E-state index >= 15 is 0 Å². The highest BCUT2D eigenvalue weighted by molar-refractivity contribution is 5.98. The second kappa shape index (κ2) is 9.22. The number of carbonyl (C=O) groups is 1. The first-order chi connectivity index (χ1) is 14.6. The van der Waals surface area contributed by atoms with Crippen molar-refractivity contribution in [2.75, 3.05) is 26.7 Å². The molecule has 0 aliphatic carbocycles. The first-order valence-electron chi connectivity index (χ1n) is 10.5. The molecule has 3 aromatic rings. The second-order valence-electron chi connectivity index (χ2n) is 7.78. The molecule has 1 aromatic heterocycles. The van der Waals surface area contributed by atoms with E-state index in [1.165, 1.54) is 17.7 Å². The Hall–Kier alpha value is -2.99. The lowest BCUT2D eigenvalue weighted by atomic mass is 9.96. The highest BCUT2D eigenvalue weighted by atomic mass is 19.1. The standard InChI is InChI=1S/C24H27FN4O/c1-26-24(30)22-21(18-7-9-20(25)10-8-18)27-23(28-22)19-12-15-29(16-13-19)14-11-17-5-3-2-4-6-17/h2-10,19H,11-16H2,1H3,(H,26,30)(H,27,28). The molecule has 156 valence electrons. The number of hydrogen-bond donors (Lipinski definition) is 2. The zero-order valence-electron chi connectivity index (χ0n) is 17.2. The minimum absolute atomic E-state index is 0.214. The van der Waals surface area contributed by atoms with E-state index in [0.717, 1.165) is 50.3 Å². The first kappa shape index (κ1) is 20.3. The van der Waals surface area contributed by atoms with Crippen molar-refractivity contribution in [3.63, 3.8) is 0 Å². The Bertz CT molecular complexity index is 976. The van der Waals surface area contributed by atoms with Crippen molar-refractivity contribution in [3.05, 3.63) is 77.5 Å². The van der Waals surface area contributed by atoms with Crippen molar-refractivity contribution in [2.24, 2.45) is 0 Å². The number of piperidine rings is 1. The van der Waals surface area contributed by atoms with Crippen LogP contribution in [0.3, 0.4) is 0 Å². The van der Waals surface area contributed by atoms with Gasteiger partial charge in [-0.05, 0) is 62.2 Å². The SMILES string of the molecule is CNC(=O)c1[nH]c(C2CCN(CCc3ccccc3)CC2)nc1-c1ccc(F)cc1. The monoisotopic (exact) mass is 406 g/mol. The van der Waals surface area contributed by atoms with Gasteiger partial charge in [-0.25, -0.2) is 9.37 Å². The van der Waals surface area contributed by atoms with Crippen LogP contribution in [0.2, 0.25) is 0 Å². The molecule has 0 saturated carbocycles. The van der Waals surface area contributed by atoms with Crippen LogP contribution >= 0.6 is 0 Å². The highest BCUT2D eigenvalue weighted by Gasteiger charge is 2.26. The van der Waals surface area contributed by atoms with Crippen LogP contribution in [-0.4, -0.2) is 47.5 Å². The summed E-state index contributed by atoms with van der Waals surface area (Å²) in [4.78, 5) is 22.9. The van der Waals surface area contributed by atoms with E-state index in [-0.39, 0.29) is 17.6 Å². The normalized spacial score (nSPS) is 15.3. The number of benzene rings is 2. The predicted molar refractivity (Wildman–Crippen MR) is 116 cm³/mol. The number of halogens is 1. The molecule has 0 unspecified atom stereocenters. The zero-order chi connectivity index (χ0) is 20.9. The molecule has 2 N–H and O–H groups in total. The van der Waals surface area contributed by atoms with Gasteiger partial charge in [-0.15, -0.1) is 0 Å². The number of imidazole rings is 1. The van der Waals surface area contributed by atoms with E-state index < -0.39 is 0 Å². The van der Waals surface area contributed by atoms with E-state index in [2.05, 4.69) is 39.5 Å². The lowest BCUT2D eigenvalue weighted by molar-refractivity contribution is 0.0959. The Morgan fingerprint density at radius 2 is 1.83 bits per heavy atom. The van der Waals surface area contributed by atoms with Crippen molar-refractivity contribution in [1.82, 2.24) is 20.2 Å². The lowest BCUT2D eigenvalue weighted by Crippen LogP contribution is -2.34. The lowest BCUT2D eigenvalue weighted by Gasteiger charge is -2.31. The Labute approximate surface area is 176 Å². The van der Waals surface area contributed by atoms with Crippen LogP contribution in [0.15, 0.2) is 54.6 Å². The predicted octanol–water partition coefficient (Wildman–Crippen LogP) is 4.00. The summed E-state index contributed by atoms with van der Waals surface area (Å²) in [7, 11) is 1.60. The summed E-state index contributed by atoms with van der Waals surface area (Å²) in [5, 5.41) is 2.67. The number of hydrogen-bond acceptors (Lipinski definition) is 3.